The van der Waals surface area contributed by atoms with Crippen LogP contribution in [0.2, 0.25) is 0 Å². The molecule has 0 amide bonds. The summed E-state index contributed by atoms with van der Waals surface area (Å²) in [5.41, 5.74) is 1.20. The predicted molar refractivity (Wildman–Crippen MR) is 62.2 cm³/mol. The summed E-state index contributed by atoms with van der Waals surface area (Å²) in [6, 6.07) is 1.86. The molecule has 0 radical (unpaired) electrons. The third-order valence-corrected chi connectivity index (χ3v) is 3.08. The maximum absolute atomic E-state index is 5.40. The second kappa shape index (κ2) is 5.16. The topological polar surface area (TPSA) is 43.4 Å². The number of aromatic nitrogens is 1. The van der Waals surface area contributed by atoms with E-state index < -0.39 is 0 Å². The van der Waals surface area contributed by atoms with E-state index in [1.54, 1.807) is 14.2 Å². The second-order valence-corrected chi connectivity index (χ2v) is 3.99. The molecule has 4 heteroatoms. The van der Waals surface area contributed by atoms with Gasteiger partial charge in [-0.3, -0.25) is 0 Å². The number of ether oxygens (including phenoxy) is 2. The van der Waals surface area contributed by atoms with Gasteiger partial charge in [-0.1, -0.05) is 0 Å². The molecule has 1 aromatic rings. The maximum Gasteiger partial charge on any atom is 0.216 e. The van der Waals surface area contributed by atoms with Crippen LogP contribution >= 0.6 is 0 Å². The number of nitrogens with zero attached hydrogens (tertiary/aromatic N) is 1. The van der Waals surface area contributed by atoms with Gasteiger partial charge in [0.2, 0.25) is 5.88 Å². The van der Waals surface area contributed by atoms with E-state index in [9.17, 15) is 0 Å². The Labute approximate surface area is 96.0 Å². The number of nitrogens with one attached hydrogen (secondary N) is 1. The number of pyridine rings is 1. The summed E-state index contributed by atoms with van der Waals surface area (Å²) in [4.78, 5) is 4.26. The average Bonchev–Trinajstić information content (AvgIpc) is 2.39. The van der Waals surface area contributed by atoms with Crippen LogP contribution in [-0.4, -0.2) is 32.3 Å². The van der Waals surface area contributed by atoms with Gasteiger partial charge < -0.3 is 14.8 Å². The molecule has 1 aliphatic rings. The molecule has 2 heterocycles. The molecule has 1 aromatic heterocycles. The van der Waals surface area contributed by atoms with Gasteiger partial charge in [-0.2, -0.15) is 0 Å². The molecule has 2 rings (SSSR count). The first kappa shape index (κ1) is 11.2. The third kappa shape index (κ3) is 2.27. The Morgan fingerprint density at radius 1 is 1.25 bits per heavy atom. The van der Waals surface area contributed by atoms with Crippen LogP contribution in [-0.2, 0) is 0 Å². The summed E-state index contributed by atoms with van der Waals surface area (Å²) < 4.78 is 10.5. The van der Waals surface area contributed by atoms with E-state index >= 15 is 0 Å². The minimum Gasteiger partial charge on any atom is -0.496 e. The van der Waals surface area contributed by atoms with Crippen molar-refractivity contribution in [2.24, 2.45) is 0 Å². The van der Waals surface area contributed by atoms with E-state index in [1.165, 1.54) is 5.56 Å². The van der Waals surface area contributed by atoms with Gasteiger partial charge in [0.1, 0.15) is 5.75 Å². The molecule has 0 spiro atoms. The molecule has 1 aliphatic heterocycles. The zero-order valence-corrected chi connectivity index (χ0v) is 9.82. The largest absolute Gasteiger partial charge is 0.496 e. The fourth-order valence-corrected chi connectivity index (χ4v) is 2.16. The predicted octanol–water partition coefficient (Wildman–Crippen LogP) is 1.57. The highest BCUT2D eigenvalue weighted by Crippen LogP contribution is 2.33. The summed E-state index contributed by atoms with van der Waals surface area (Å²) in [6.07, 6.45) is 4.17. The van der Waals surface area contributed by atoms with Gasteiger partial charge >= 0.3 is 0 Å². The Morgan fingerprint density at radius 2 is 2.00 bits per heavy atom. The first-order chi connectivity index (χ1) is 7.85. The summed E-state index contributed by atoms with van der Waals surface area (Å²) in [5.74, 6) is 2.04. The summed E-state index contributed by atoms with van der Waals surface area (Å²) in [7, 11) is 3.31. The van der Waals surface area contributed by atoms with Crippen LogP contribution < -0.4 is 14.8 Å². The monoisotopic (exact) mass is 222 g/mol. The van der Waals surface area contributed by atoms with Crippen molar-refractivity contribution < 1.29 is 9.47 Å². The zero-order valence-electron chi connectivity index (χ0n) is 9.82. The Kier molecular flexibility index (Phi) is 3.62. The van der Waals surface area contributed by atoms with Crippen molar-refractivity contribution in [2.75, 3.05) is 27.3 Å². The van der Waals surface area contributed by atoms with Crippen molar-refractivity contribution in [1.82, 2.24) is 10.3 Å². The second-order valence-electron chi connectivity index (χ2n) is 3.99. The molecule has 1 saturated heterocycles. The van der Waals surface area contributed by atoms with Gasteiger partial charge in [-0.25, -0.2) is 4.98 Å². The van der Waals surface area contributed by atoms with E-state index in [-0.39, 0.29) is 0 Å². The minimum atomic E-state index is 0.551. The molecule has 0 bridgehead atoms. The SMILES string of the molecule is COc1cc(OC)c(C2CCNCC2)cn1. The van der Waals surface area contributed by atoms with E-state index in [0.29, 0.717) is 11.8 Å². The fourth-order valence-electron chi connectivity index (χ4n) is 2.16. The first-order valence-corrected chi connectivity index (χ1v) is 5.63. The summed E-state index contributed by atoms with van der Waals surface area (Å²) in [5, 5.41) is 3.36. The molecule has 1 fully saturated rings. The Balaban J connectivity index is 2.24. The molecule has 4 nitrogen and oxygen atoms in total. The van der Waals surface area contributed by atoms with E-state index in [1.807, 2.05) is 12.3 Å². The molecular formula is C12H18N2O2. The highest BCUT2D eigenvalue weighted by molar-refractivity contribution is 5.38. The molecule has 0 atom stereocenters. The van der Waals surface area contributed by atoms with Crippen LogP contribution in [0.1, 0.15) is 24.3 Å². The molecular weight excluding hydrogens is 204 g/mol. The number of hydrogen-bond donors (Lipinski definition) is 1. The number of methoxy groups -OCH3 is 2. The van der Waals surface area contributed by atoms with Crippen LogP contribution in [0, 0.1) is 0 Å². The Hall–Kier alpha value is -1.29. The quantitative estimate of drug-likeness (QED) is 0.843. The Morgan fingerprint density at radius 3 is 2.62 bits per heavy atom. The standard InChI is InChI=1S/C12H18N2O2/c1-15-11-7-12(16-2)14-8-10(11)9-3-5-13-6-4-9/h7-9,13H,3-6H2,1-2H3. The van der Waals surface area contributed by atoms with Crippen molar-refractivity contribution in [3.63, 3.8) is 0 Å². The number of hydrogen-bond acceptors (Lipinski definition) is 4. The summed E-state index contributed by atoms with van der Waals surface area (Å²) in [6.45, 7) is 2.14. The molecule has 0 unspecified atom stereocenters. The normalized spacial score (nSPS) is 17.1. The van der Waals surface area contributed by atoms with Gasteiger partial charge in [0.05, 0.1) is 14.2 Å². The third-order valence-electron chi connectivity index (χ3n) is 3.08. The molecule has 88 valence electrons. The molecule has 0 aliphatic carbocycles. The fraction of sp³-hybridized carbons (Fsp3) is 0.583. The smallest absolute Gasteiger partial charge is 0.216 e. The highest BCUT2D eigenvalue weighted by Gasteiger charge is 2.19. The van der Waals surface area contributed by atoms with E-state index in [4.69, 9.17) is 9.47 Å². The van der Waals surface area contributed by atoms with Gasteiger partial charge in [-0.05, 0) is 31.8 Å². The minimum absolute atomic E-state index is 0.551. The van der Waals surface area contributed by atoms with Crippen molar-refractivity contribution in [3.05, 3.63) is 17.8 Å². The van der Waals surface area contributed by atoms with E-state index in [2.05, 4.69) is 10.3 Å². The van der Waals surface area contributed by atoms with E-state index in [0.717, 1.165) is 31.7 Å². The van der Waals surface area contributed by atoms with Gasteiger partial charge in [0.25, 0.3) is 0 Å². The van der Waals surface area contributed by atoms with Crippen molar-refractivity contribution in [1.29, 1.82) is 0 Å². The molecule has 16 heavy (non-hydrogen) atoms. The van der Waals surface area contributed by atoms with Crippen molar-refractivity contribution >= 4 is 0 Å². The van der Waals surface area contributed by atoms with Gasteiger partial charge in [0, 0.05) is 17.8 Å². The van der Waals surface area contributed by atoms with Gasteiger partial charge in [-0.15, -0.1) is 0 Å². The molecule has 0 saturated carbocycles. The van der Waals surface area contributed by atoms with Gasteiger partial charge in [0.15, 0.2) is 0 Å². The van der Waals surface area contributed by atoms with Crippen molar-refractivity contribution in [3.8, 4) is 11.6 Å². The lowest BCUT2D eigenvalue weighted by atomic mass is 9.91. The lowest BCUT2D eigenvalue weighted by Gasteiger charge is -2.24. The van der Waals surface area contributed by atoms with Crippen LogP contribution in [0.15, 0.2) is 12.3 Å². The highest BCUT2D eigenvalue weighted by atomic mass is 16.5. The summed E-state index contributed by atoms with van der Waals surface area (Å²) >= 11 is 0. The van der Waals surface area contributed by atoms with Crippen LogP contribution in [0.25, 0.3) is 0 Å². The zero-order chi connectivity index (χ0) is 11.4. The van der Waals surface area contributed by atoms with Crippen LogP contribution in [0.4, 0.5) is 0 Å². The lowest BCUT2D eigenvalue weighted by Crippen LogP contribution is -2.26. The van der Waals surface area contributed by atoms with Crippen LogP contribution in [0.5, 0.6) is 11.6 Å². The maximum atomic E-state index is 5.40. The number of piperidine rings is 1. The number of rotatable bonds is 3. The Bertz CT molecular complexity index is 349. The first-order valence-electron chi connectivity index (χ1n) is 5.63. The molecule has 1 N–H and O–H groups in total. The lowest BCUT2D eigenvalue weighted by molar-refractivity contribution is 0.370. The van der Waals surface area contributed by atoms with Crippen molar-refractivity contribution in [2.45, 2.75) is 18.8 Å². The van der Waals surface area contributed by atoms with Crippen LogP contribution in [0.3, 0.4) is 0 Å². The average molecular weight is 222 g/mol. The molecule has 0 aromatic carbocycles.